The molecule has 0 aromatic heterocycles. The van der Waals surface area contributed by atoms with Gasteiger partial charge in [0.15, 0.2) is 0 Å². The molecule has 98 valence electrons. The first-order valence-corrected chi connectivity index (χ1v) is 7.05. The van der Waals surface area contributed by atoms with Crippen molar-refractivity contribution in [3.63, 3.8) is 0 Å². The SMILES string of the molecule is CCCCCC1CCC1c1cccc(C(=O)O)c1. The Labute approximate surface area is 109 Å². The molecule has 0 heterocycles. The van der Waals surface area contributed by atoms with Crippen LogP contribution in [0.4, 0.5) is 0 Å². The third-order valence-corrected chi connectivity index (χ3v) is 4.16. The van der Waals surface area contributed by atoms with Crippen LogP contribution in [0.1, 0.15) is 67.3 Å². The molecule has 0 saturated heterocycles. The first-order chi connectivity index (χ1) is 8.72. The molecule has 0 bridgehead atoms. The van der Waals surface area contributed by atoms with E-state index in [1.54, 1.807) is 6.07 Å². The highest BCUT2D eigenvalue weighted by atomic mass is 16.4. The number of hydrogen-bond donors (Lipinski definition) is 1. The van der Waals surface area contributed by atoms with Crippen LogP contribution in [-0.4, -0.2) is 11.1 Å². The first kappa shape index (κ1) is 13.1. The minimum absolute atomic E-state index is 0.423. The molecule has 2 unspecified atom stereocenters. The fraction of sp³-hybridized carbons (Fsp3) is 0.562. The smallest absolute Gasteiger partial charge is 0.335 e. The minimum atomic E-state index is -0.821. The third kappa shape index (κ3) is 2.92. The van der Waals surface area contributed by atoms with Crippen molar-refractivity contribution in [2.75, 3.05) is 0 Å². The van der Waals surface area contributed by atoms with Crippen molar-refractivity contribution in [1.29, 1.82) is 0 Å². The molecule has 18 heavy (non-hydrogen) atoms. The van der Waals surface area contributed by atoms with Gasteiger partial charge in [0.2, 0.25) is 0 Å². The van der Waals surface area contributed by atoms with Crippen LogP contribution in [0.2, 0.25) is 0 Å². The molecule has 0 aliphatic heterocycles. The quantitative estimate of drug-likeness (QED) is 0.752. The maximum Gasteiger partial charge on any atom is 0.335 e. The van der Waals surface area contributed by atoms with Crippen molar-refractivity contribution in [1.82, 2.24) is 0 Å². The van der Waals surface area contributed by atoms with E-state index in [4.69, 9.17) is 5.11 Å². The lowest BCUT2D eigenvalue weighted by Gasteiger charge is -2.37. The van der Waals surface area contributed by atoms with Gasteiger partial charge in [0, 0.05) is 0 Å². The molecule has 2 rings (SSSR count). The van der Waals surface area contributed by atoms with Gasteiger partial charge in [-0.25, -0.2) is 4.79 Å². The first-order valence-electron chi connectivity index (χ1n) is 7.05. The summed E-state index contributed by atoms with van der Waals surface area (Å²) >= 11 is 0. The average Bonchev–Trinajstić information content (AvgIpc) is 2.33. The molecule has 2 atom stereocenters. The Morgan fingerprint density at radius 3 is 2.78 bits per heavy atom. The third-order valence-electron chi connectivity index (χ3n) is 4.16. The Morgan fingerprint density at radius 2 is 2.17 bits per heavy atom. The number of aromatic carboxylic acids is 1. The topological polar surface area (TPSA) is 37.3 Å². The largest absolute Gasteiger partial charge is 0.478 e. The summed E-state index contributed by atoms with van der Waals surface area (Å²) in [6.45, 7) is 2.23. The lowest BCUT2D eigenvalue weighted by atomic mass is 9.68. The summed E-state index contributed by atoms with van der Waals surface area (Å²) in [4.78, 5) is 11.0. The summed E-state index contributed by atoms with van der Waals surface area (Å²) in [7, 11) is 0. The summed E-state index contributed by atoms with van der Waals surface area (Å²) < 4.78 is 0. The second kappa shape index (κ2) is 6.03. The number of carbonyl (C=O) groups is 1. The van der Waals surface area contributed by atoms with Gasteiger partial charge in [-0.05, 0) is 48.8 Å². The van der Waals surface area contributed by atoms with E-state index in [0.29, 0.717) is 11.5 Å². The predicted molar refractivity (Wildman–Crippen MR) is 73.0 cm³/mol. The highest BCUT2D eigenvalue weighted by Gasteiger charge is 2.31. The molecule has 1 fully saturated rings. The summed E-state index contributed by atoms with van der Waals surface area (Å²) in [5.74, 6) is 0.556. The predicted octanol–water partition coefficient (Wildman–Crippen LogP) is 4.46. The Bertz CT molecular complexity index is 411. The zero-order chi connectivity index (χ0) is 13.0. The molecule has 2 heteroatoms. The zero-order valence-electron chi connectivity index (χ0n) is 11.1. The van der Waals surface area contributed by atoms with E-state index in [1.165, 1.54) is 44.1 Å². The Kier molecular flexibility index (Phi) is 4.40. The molecule has 0 amide bonds. The molecule has 1 saturated carbocycles. The Morgan fingerprint density at radius 1 is 1.33 bits per heavy atom. The maximum absolute atomic E-state index is 11.0. The van der Waals surface area contributed by atoms with Crippen molar-refractivity contribution >= 4 is 5.97 Å². The van der Waals surface area contributed by atoms with Gasteiger partial charge in [-0.15, -0.1) is 0 Å². The zero-order valence-corrected chi connectivity index (χ0v) is 11.1. The molecular formula is C16H22O2. The summed E-state index contributed by atoms with van der Waals surface area (Å²) in [5.41, 5.74) is 1.65. The molecule has 0 spiro atoms. The number of hydrogen-bond acceptors (Lipinski definition) is 1. The number of benzene rings is 1. The molecule has 1 aromatic carbocycles. The van der Waals surface area contributed by atoms with Crippen LogP contribution in [0.5, 0.6) is 0 Å². The summed E-state index contributed by atoms with van der Waals surface area (Å²) in [5, 5.41) is 9.02. The van der Waals surface area contributed by atoms with Crippen LogP contribution < -0.4 is 0 Å². The minimum Gasteiger partial charge on any atom is -0.478 e. The van der Waals surface area contributed by atoms with E-state index in [9.17, 15) is 4.79 Å². The van der Waals surface area contributed by atoms with Crippen molar-refractivity contribution in [2.45, 2.75) is 51.4 Å². The molecule has 0 radical (unpaired) electrons. The fourth-order valence-electron chi connectivity index (χ4n) is 2.91. The number of carboxylic acids is 1. The Balaban J connectivity index is 1.98. The van der Waals surface area contributed by atoms with Gasteiger partial charge in [-0.3, -0.25) is 0 Å². The molecule has 1 aliphatic carbocycles. The van der Waals surface area contributed by atoms with E-state index in [1.807, 2.05) is 12.1 Å². The monoisotopic (exact) mass is 246 g/mol. The van der Waals surface area contributed by atoms with E-state index in [0.717, 1.165) is 5.92 Å². The van der Waals surface area contributed by atoms with E-state index in [-0.39, 0.29) is 0 Å². The molecule has 1 aliphatic rings. The standard InChI is InChI=1S/C16H22O2/c1-2-3-4-6-12-9-10-15(12)13-7-5-8-14(11-13)16(17)18/h5,7-8,11-12,15H,2-4,6,9-10H2,1H3,(H,17,18). The number of carboxylic acid groups (broad SMARTS) is 1. The van der Waals surface area contributed by atoms with Gasteiger partial charge in [0.1, 0.15) is 0 Å². The molecule has 1 N–H and O–H groups in total. The number of rotatable bonds is 6. The summed E-state index contributed by atoms with van der Waals surface area (Å²) in [6.07, 6.45) is 7.74. The van der Waals surface area contributed by atoms with Gasteiger partial charge >= 0.3 is 5.97 Å². The molecular weight excluding hydrogens is 224 g/mol. The second-order valence-electron chi connectivity index (χ2n) is 5.37. The molecule has 1 aromatic rings. The van der Waals surface area contributed by atoms with Gasteiger partial charge in [0.25, 0.3) is 0 Å². The van der Waals surface area contributed by atoms with E-state index < -0.39 is 5.97 Å². The van der Waals surface area contributed by atoms with E-state index >= 15 is 0 Å². The lowest BCUT2D eigenvalue weighted by Crippen LogP contribution is -2.24. The average molecular weight is 246 g/mol. The summed E-state index contributed by atoms with van der Waals surface area (Å²) in [6, 6.07) is 7.50. The van der Waals surface area contributed by atoms with Gasteiger partial charge in [-0.1, -0.05) is 38.3 Å². The van der Waals surface area contributed by atoms with Crippen LogP contribution in [0, 0.1) is 5.92 Å². The van der Waals surface area contributed by atoms with Crippen molar-refractivity contribution in [3.05, 3.63) is 35.4 Å². The van der Waals surface area contributed by atoms with Gasteiger partial charge in [0.05, 0.1) is 5.56 Å². The Hall–Kier alpha value is -1.31. The van der Waals surface area contributed by atoms with E-state index in [2.05, 4.69) is 13.0 Å². The van der Waals surface area contributed by atoms with Crippen LogP contribution in [0.3, 0.4) is 0 Å². The van der Waals surface area contributed by atoms with Crippen LogP contribution in [-0.2, 0) is 0 Å². The van der Waals surface area contributed by atoms with Gasteiger partial charge in [-0.2, -0.15) is 0 Å². The van der Waals surface area contributed by atoms with Gasteiger partial charge < -0.3 is 5.11 Å². The van der Waals surface area contributed by atoms with Crippen LogP contribution >= 0.6 is 0 Å². The van der Waals surface area contributed by atoms with Crippen LogP contribution in [0.25, 0.3) is 0 Å². The fourth-order valence-corrected chi connectivity index (χ4v) is 2.91. The van der Waals surface area contributed by atoms with Crippen molar-refractivity contribution < 1.29 is 9.90 Å². The van der Waals surface area contributed by atoms with Crippen LogP contribution in [0.15, 0.2) is 24.3 Å². The number of unbranched alkanes of at least 4 members (excludes halogenated alkanes) is 2. The maximum atomic E-state index is 11.0. The van der Waals surface area contributed by atoms with Crippen molar-refractivity contribution in [2.24, 2.45) is 5.92 Å². The lowest BCUT2D eigenvalue weighted by molar-refractivity contribution is 0.0696. The second-order valence-corrected chi connectivity index (χ2v) is 5.37. The van der Waals surface area contributed by atoms with Crippen molar-refractivity contribution in [3.8, 4) is 0 Å². The molecule has 2 nitrogen and oxygen atoms in total. The highest BCUT2D eigenvalue weighted by Crippen LogP contribution is 2.45. The highest BCUT2D eigenvalue weighted by molar-refractivity contribution is 5.87. The normalized spacial score (nSPS) is 22.5.